The largest absolute Gasteiger partial charge is 0.432 e. The highest BCUT2D eigenvalue weighted by atomic mass is 19.4. The van der Waals surface area contributed by atoms with Crippen LogP contribution >= 0.6 is 0 Å². The summed E-state index contributed by atoms with van der Waals surface area (Å²) in [5.74, 6) is 0.266. The van der Waals surface area contributed by atoms with Crippen LogP contribution in [0.15, 0.2) is 6.20 Å². The van der Waals surface area contributed by atoms with Crippen LogP contribution < -0.4 is 5.73 Å². The summed E-state index contributed by atoms with van der Waals surface area (Å²) in [4.78, 5) is 5.74. The molecule has 0 saturated carbocycles. The highest BCUT2D eigenvalue weighted by molar-refractivity contribution is 5.05. The summed E-state index contributed by atoms with van der Waals surface area (Å²) in [7, 11) is 0. The molecule has 0 spiro atoms. The van der Waals surface area contributed by atoms with Gasteiger partial charge in [0.25, 0.3) is 0 Å². The molecule has 1 aromatic heterocycles. The second kappa shape index (κ2) is 3.37. The lowest BCUT2D eigenvalue weighted by molar-refractivity contribution is -0.140. The molecule has 3 N–H and O–H groups in total. The number of nitrogens with two attached hydrogens (primary N) is 1. The fourth-order valence-electron chi connectivity index (χ4n) is 0.915. The lowest BCUT2D eigenvalue weighted by Gasteiger charge is -2.02. The fourth-order valence-corrected chi connectivity index (χ4v) is 0.915. The zero-order chi connectivity index (χ0) is 10.1. The Morgan fingerprint density at radius 2 is 2.23 bits per heavy atom. The van der Waals surface area contributed by atoms with Crippen molar-refractivity contribution in [3.8, 4) is 0 Å². The summed E-state index contributed by atoms with van der Waals surface area (Å²) in [6, 6.07) is -0.202. The Kier molecular flexibility index (Phi) is 2.60. The van der Waals surface area contributed by atoms with Gasteiger partial charge >= 0.3 is 6.18 Å². The SMILES string of the molecule is CC(N)Cc1ncc(C(F)(F)F)[nH]1. The number of hydrogen-bond acceptors (Lipinski definition) is 2. The highest BCUT2D eigenvalue weighted by Gasteiger charge is 2.32. The van der Waals surface area contributed by atoms with Crippen molar-refractivity contribution in [2.24, 2.45) is 5.73 Å². The first kappa shape index (κ1) is 10.0. The van der Waals surface area contributed by atoms with E-state index in [0.717, 1.165) is 6.20 Å². The molecular formula is C7H10F3N3. The molecule has 0 aromatic carbocycles. The van der Waals surface area contributed by atoms with E-state index >= 15 is 0 Å². The molecule has 1 atom stereocenters. The number of rotatable bonds is 2. The van der Waals surface area contributed by atoms with Crippen molar-refractivity contribution in [2.75, 3.05) is 0 Å². The van der Waals surface area contributed by atoms with Crippen molar-refractivity contribution in [1.82, 2.24) is 9.97 Å². The van der Waals surface area contributed by atoms with E-state index in [1.807, 2.05) is 0 Å². The van der Waals surface area contributed by atoms with E-state index in [2.05, 4.69) is 9.97 Å². The maximum Gasteiger partial charge on any atom is 0.432 e. The number of alkyl halides is 3. The van der Waals surface area contributed by atoms with Gasteiger partial charge in [-0.1, -0.05) is 0 Å². The van der Waals surface area contributed by atoms with Crippen LogP contribution in [0, 0.1) is 0 Å². The minimum absolute atomic E-state index is 0.202. The topological polar surface area (TPSA) is 54.7 Å². The van der Waals surface area contributed by atoms with Crippen LogP contribution in [0.25, 0.3) is 0 Å². The zero-order valence-corrected chi connectivity index (χ0v) is 7.02. The van der Waals surface area contributed by atoms with Gasteiger partial charge in [0, 0.05) is 12.5 Å². The van der Waals surface area contributed by atoms with Crippen molar-refractivity contribution < 1.29 is 13.2 Å². The Labute approximate surface area is 73.2 Å². The lowest BCUT2D eigenvalue weighted by Crippen LogP contribution is -2.18. The number of nitrogens with zero attached hydrogens (tertiary/aromatic N) is 1. The molecule has 13 heavy (non-hydrogen) atoms. The fraction of sp³-hybridized carbons (Fsp3) is 0.571. The third kappa shape index (κ3) is 2.73. The molecule has 74 valence electrons. The number of aromatic amines is 1. The van der Waals surface area contributed by atoms with Crippen molar-refractivity contribution in [3.05, 3.63) is 17.7 Å². The van der Waals surface area contributed by atoms with Gasteiger partial charge in [-0.3, -0.25) is 0 Å². The number of hydrogen-bond donors (Lipinski definition) is 2. The highest BCUT2D eigenvalue weighted by Crippen LogP contribution is 2.27. The molecule has 0 aliphatic rings. The average Bonchev–Trinajstić information content (AvgIpc) is 2.32. The average molecular weight is 193 g/mol. The Bertz CT molecular complexity index is 277. The normalized spacial score (nSPS) is 14.5. The molecule has 0 bridgehead atoms. The minimum Gasteiger partial charge on any atom is -0.338 e. The number of nitrogens with one attached hydrogen (secondary N) is 1. The maximum absolute atomic E-state index is 12.0. The molecule has 0 aliphatic heterocycles. The first-order chi connectivity index (χ1) is 5.89. The standard InChI is InChI=1S/C7H10F3N3/c1-4(11)2-6-12-3-5(13-6)7(8,9)10/h3-4H,2,11H2,1H3,(H,12,13). The molecule has 0 amide bonds. The third-order valence-electron chi connectivity index (χ3n) is 1.45. The maximum atomic E-state index is 12.0. The Hall–Kier alpha value is -1.04. The van der Waals surface area contributed by atoms with Crippen molar-refractivity contribution in [2.45, 2.75) is 25.6 Å². The molecule has 1 aromatic rings. The summed E-state index contributed by atoms with van der Waals surface area (Å²) in [5, 5.41) is 0. The van der Waals surface area contributed by atoms with Crippen LogP contribution in [0.3, 0.4) is 0 Å². The summed E-state index contributed by atoms with van der Waals surface area (Å²) in [6.07, 6.45) is -3.27. The smallest absolute Gasteiger partial charge is 0.338 e. The van der Waals surface area contributed by atoms with Crippen LogP contribution in [-0.4, -0.2) is 16.0 Å². The van der Waals surface area contributed by atoms with Crippen LogP contribution in [0.1, 0.15) is 18.4 Å². The molecule has 1 heterocycles. The summed E-state index contributed by atoms with van der Waals surface area (Å²) in [5.41, 5.74) is 4.57. The monoisotopic (exact) mass is 193 g/mol. The summed E-state index contributed by atoms with van der Waals surface area (Å²) < 4.78 is 36.1. The van der Waals surface area contributed by atoms with Gasteiger partial charge in [0.1, 0.15) is 11.5 Å². The van der Waals surface area contributed by atoms with E-state index in [1.54, 1.807) is 6.92 Å². The molecule has 0 saturated heterocycles. The Morgan fingerprint density at radius 1 is 1.62 bits per heavy atom. The molecule has 0 radical (unpaired) electrons. The predicted octanol–water partition coefficient (Wildman–Crippen LogP) is 1.32. The zero-order valence-electron chi connectivity index (χ0n) is 7.02. The number of imidazole rings is 1. The van der Waals surface area contributed by atoms with Gasteiger partial charge in [0.2, 0.25) is 0 Å². The van der Waals surface area contributed by atoms with Crippen LogP contribution in [0.5, 0.6) is 0 Å². The molecule has 0 fully saturated rings. The molecule has 6 heteroatoms. The summed E-state index contributed by atoms with van der Waals surface area (Å²) >= 11 is 0. The van der Waals surface area contributed by atoms with Crippen LogP contribution in [-0.2, 0) is 12.6 Å². The van der Waals surface area contributed by atoms with E-state index in [-0.39, 0.29) is 11.9 Å². The van der Waals surface area contributed by atoms with E-state index in [4.69, 9.17) is 5.73 Å². The van der Waals surface area contributed by atoms with Crippen molar-refractivity contribution >= 4 is 0 Å². The Morgan fingerprint density at radius 3 is 2.62 bits per heavy atom. The van der Waals surface area contributed by atoms with Gasteiger partial charge in [0.05, 0.1) is 6.20 Å². The van der Waals surface area contributed by atoms with Gasteiger partial charge in [-0.2, -0.15) is 13.2 Å². The first-order valence-corrected chi connectivity index (χ1v) is 3.76. The van der Waals surface area contributed by atoms with Crippen molar-refractivity contribution in [1.29, 1.82) is 0 Å². The van der Waals surface area contributed by atoms with E-state index in [0.29, 0.717) is 6.42 Å². The van der Waals surface area contributed by atoms with Gasteiger partial charge < -0.3 is 10.7 Å². The van der Waals surface area contributed by atoms with Gasteiger partial charge in [-0.05, 0) is 6.92 Å². The van der Waals surface area contributed by atoms with E-state index in [1.165, 1.54) is 0 Å². The second-order valence-corrected chi connectivity index (χ2v) is 2.92. The molecule has 3 nitrogen and oxygen atoms in total. The van der Waals surface area contributed by atoms with Gasteiger partial charge in [-0.25, -0.2) is 4.98 Å². The van der Waals surface area contributed by atoms with Gasteiger partial charge in [0.15, 0.2) is 0 Å². The number of halogens is 3. The van der Waals surface area contributed by atoms with E-state index < -0.39 is 11.9 Å². The second-order valence-electron chi connectivity index (χ2n) is 2.92. The van der Waals surface area contributed by atoms with Crippen molar-refractivity contribution in [3.63, 3.8) is 0 Å². The minimum atomic E-state index is -4.36. The molecular weight excluding hydrogens is 183 g/mol. The lowest BCUT2D eigenvalue weighted by atomic mass is 10.2. The summed E-state index contributed by atoms with van der Waals surface area (Å²) in [6.45, 7) is 1.70. The number of H-pyrrole nitrogens is 1. The molecule has 0 aliphatic carbocycles. The third-order valence-corrected chi connectivity index (χ3v) is 1.45. The quantitative estimate of drug-likeness (QED) is 0.744. The van der Waals surface area contributed by atoms with Crippen LogP contribution in [0.2, 0.25) is 0 Å². The van der Waals surface area contributed by atoms with Crippen LogP contribution in [0.4, 0.5) is 13.2 Å². The first-order valence-electron chi connectivity index (χ1n) is 3.76. The Balaban J connectivity index is 2.75. The predicted molar refractivity (Wildman–Crippen MR) is 40.9 cm³/mol. The molecule has 1 rings (SSSR count). The number of aromatic nitrogens is 2. The van der Waals surface area contributed by atoms with E-state index in [9.17, 15) is 13.2 Å². The molecule has 1 unspecified atom stereocenters. The van der Waals surface area contributed by atoms with Gasteiger partial charge in [-0.15, -0.1) is 0 Å².